The second-order valence-electron chi connectivity index (χ2n) is 6.50. The molecule has 26 heavy (non-hydrogen) atoms. The van der Waals surface area contributed by atoms with E-state index in [2.05, 4.69) is 31.3 Å². The first-order valence-corrected chi connectivity index (χ1v) is 9.41. The molecule has 3 aromatic rings. The van der Waals surface area contributed by atoms with Gasteiger partial charge in [0, 0.05) is 23.7 Å². The van der Waals surface area contributed by atoms with Crippen LogP contribution in [0.2, 0.25) is 10.0 Å². The molecule has 0 saturated heterocycles. The van der Waals surface area contributed by atoms with Gasteiger partial charge in [0.2, 0.25) is 0 Å². The molecule has 4 nitrogen and oxygen atoms in total. The number of aromatic nitrogens is 2. The van der Waals surface area contributed by atoms with Gasteiger partial charge in [-0.1, -0.05) is 30.1 Å². The maximum Gasteiger partial charge on any atom is 0.0888 e. The average molecular weight is 392 g/mol. The van der Waals surface area contributed by atoms with Crippen molar-refractivity contribution in [2.45, 2.75) is 33.2 Å². The van der Waals surface area contributed by atoms with Gasteiger partial charge in [-0.15, -0.1) is 0 Å². The van der Waals surface area contributed by atoms with Crippen molar-refractivity contribution in [3.05, 3.63) is 51.6 Å². The maximum atomic E-state index is 6.46. The van der Waals surface area contributed by atoms with E-state index in [0.29, 0.717) is 16.7 Å². The topological polar surface area (TPSA) is 38.6 Å². The normalized spacial score (nSPS) is 12.5. The minimum Gasteiger partial charge on any atom is -0.383 e. The standard InChI is InChI=1S/C20H23Cl2N3O/c1-5-15(11-26-4)23-18-9-13(3)24-25-19(18)8-12(2)20(25)16-7-6-14(21)10-17(16)22/h6-10,15,23H,5,11H2,1-4H3. The van der Waals surface area contributed by atoms with Crippen molar-refractivity contribution in [2.24, 2.45) is 0 Å². The predicted octanol–water partition coefficient (Wildman–Crippen LogP) is 5.76. The Labute approximate surface area is 164 Å². The molecule has 1 N–H and O–H groups in total. The average Bonchev–Trinajstić information content (AvgIpc) is 2.91. The number of aryl methyl sites for hydroxylation is 2. The SMILES string of the molecule is CCC(COC)Nc1cc(C)nn2c(-c3ccc(Cl)cc3Cl)c(C)cc12. The molecule has 0 fully saturated rings. The number of nitrogens with one attached hydrogen (secondary N) is 1. The molecule has 1 aromatic carbocycles. The third-order valence-corrected chi connectivity index (χ3v) is 5.01. The van der Waals surface area contributed by atoms with Gasteiger partial charge in [0.1, 0.15) is 0 Å². The summed E-state index contributed by atoms with van der Waals surface area (Å²) in [6, 6.07) is 9.99. The highest BCUT2D eigenvalue weighted by molar-refractivity contribution is 6.36. The van der Waals surface area contributed by atoms with Crippen molar-refractivity contribution in [2.75, 3.05) is 19.0 Å². The van der Waals surface area contributed by atoms with E-state index in [4.69, 9.17) is 33.0 Å². The lowest BCUT2D eigenvalue weighted by Crippen LogP contribution is -2.24. The van der Waals surface area contributed by atoms with E-state index in [1.165, 1.54) is 0 Å². The number of hydrogen-bond acceptors (Lipinski definition) is 3. The van der Waals surface area contributed by atoms with E-state index >= 15 is 0 Å². The van der Waals surface area contributed by atoms with Crippen LogP contribution in [-0.4, -0.2) is 29.4 Å². The van der Waals surface area contributed by atoms with E-state index < -0.39 is 0 Å². The molecule has 1 atom stereocenters. The van der Waals surface area contributed by atoms with Crippen molar-refractivity contribution in [1.29, 1.82) is 0 Å². The summed E-state index contributed by atoms with van der Waals surface area (Å²) in [4.78, 5) is 0. The monoisotopic (exact) mass is 391 g/mol. The number of rotatable bonds is 6. The molecule has 0 aliphatic heterocycles. The second kappa shape index (κ2) is 7.87. The lowest BCUT2D eigenvalue weighted by Gasteiger charge is -2.18. The summed E-state index contributed by atoms with van der Waals surface area (Å²) in [5.41, 5.74) is 5.99. The Kier molecular flexibility index (Phi) is 5.76. The molecule has 0 bridgehead atoms. The Morgan fingerprint density at radius 3 is 2.62 bits per heavy atom. The highest BCUT2D eigenvalue weighted by atomic mass is 35.5. The van der Waals surface area contributed by atoms with Gasteiger partial charge in [-0.05, 0) is 56.2 Å². The largest absolute Gasteiger partial charge is 0.383 e. The lowest BCUT2D eigenvalue weighted by atomic mass is 10.1. The Morgan fingerprint density at radius 1 is 1.19 bits per heavy atom. The smallest absolute Gasteiger partial charge is 0.0888 e. The first kappa shape index (κ1) is 19.0. The minimum atomic E-state index is 0.239. The van der Waals surface area contributed by atoms with Gasteiger partial charge in [0.25, 0.3) is 0 Å². The molecule has 0 aliphatic rings. The quantitative estimate of drug-likeness (QED) is 0.580. The van der Waals surface area contributed by atoms with Gasteiger partial charge in [-0.25, -0.2) is 4.52 Å². The van der Waals surface area contributed by atoms with Crippen LogP contribution >= 0.6 is 23.2 Å². The van der Waals surface area contributed by atoms with E-state index in [9.17, 15) is 0 Å². The number of methoxy groups -OCH3 is 1. The first-order valence-electron chi connectivity index (χ1n) is 8.65. The molecular weight excluding hydrogens is 369 g/mol. The van der Waals surface area contributed by atoms with Crippen LogP contribution < -0.4 is 5.32 Å². The summed E-state index contributed by atoms with van der Waals surface area (Å²) in [7, 11) is 1.72. The number of benzene rings is 1. The summed E-state index contributed by atoms with van der Waals surface area (Å²) in [5, 5.41) is 9.55. The van der Waals surface area contributed by atoms with Gasteiger partial charge in [-0.3, -0.25) is 0 Å². The highest BCUT2D eigenvalue weighted by Gasteiger charge is 2.17. The number of hydrogen-bond donors (Lipinski definition) is 1. The van der Waals surface area contributed by atoms with Crippen LogP contribution in [0.15, 0.2) is 30.3 Å². The lowest BCUT2D eigenvalue weighted by molar-refractivity contribution is 0.184. The fraction of sp³-hybridized carbons (Fsp3) is 0.350. The van der Waals surface area contributed by atoms with Crippen molar-refractivity contribution >= 4 is 34.4 Å². The molecular formula is C20H23Cl2N3O. The minimum absolute atomic E-state index is 0.239. The van der Waals surface area contributed by atoms with Gasteiger partial charge in [-0.2, -0.15) is 5.10 Å². The van der Waals surface area contributed by atoms with Gasteiger partial charge >= 0.3 is 0 Å². The molecule has 0 radical (unpaired) electrons. The van der Waals surface area contributed by atoms with Crippen LogP contribution in [0.25, 0.3) is 16.8 Å². The summed E-state index contributed by atoms with van der Waals surface area (Å²) in [5.74, 6) is 0. The zero-order valence-electron chi connectivity index (χ0n) is 15.4. The Morgan fingerprint density at radius 2 is 1.96 bits per heavy atom. The fourth-order valence-corrected chi connectivity index (χ4v) is 3.69. The Balaban J connectivity index is 2.17. The van der Waals surface area contributed by atoms with Gasteiger partial charge in [0.05, 0.1) is 34.2 Å². The van der Waals surface area contributed by atoms with Gasteiger partial charge < -0.3 is 10.1 Å². The summed E-state index contributed by atoms with van der Waals surface area (Å²) in [6.07, 6.45) is 0.969. The van der Waals surface area contributed by atoms with Crippen molar-refractivity contribution in [3.63, 3.8) is 0 Å². The first-order chi connectivity index (χ1) is 12.4. The molecule has 138 valence electrons. The van der Waals surface area contributed by atoms with Crippen LogP contribution in [-0.2, 0) is 4.74 Å². The number of nitrogens with zero attached hydrogens (tertiary/aromatic N) is 2. The van der Waals surface area contributed by atoms with Crippen LogP contribution in [0.4, 0.5) is 5.69 Å². The molecule has 3 rings (SSSR count). The maximum absolute atomic E-state index is 6.46. The molecule has 2 aromatic heterocycles. The molecule has 1 unspecified atom stereocenters. The number of fused-ring (bicyclic) bond motifs is 1. The van der Waals surface area contributed by atoms with E-state index in [1.807, 2.05) is 23.6 Å². The van der Waals surface area contributed by atoms with Crippen LogP contribution in [0.1, 0.15) is 24.6 Å². The van der Waals surface area contributed by atoms with E-state index in [0.717, 1.165) is 40.1 Å². The molecule has 2 heterocycles. The zero-order valence-corrected chi connectivity index (χ0v) is 16.9. The molecule has 0 amide bonds. The number of halogens is 2. The second-order valence-corrected chi connectivity index (χ2v) is 7.35. The highest BCUT2D eigenvalue weighted by Crippen LogP contribution is 2.35. The zero-order chi connectivity index (χ0) is 18.8. The third kappa shape index (κ3) is 3.68. The van der Waals surface area contributed by atoms with Crippen LogP contribution in [0.3, 0.4) is 0 Å². The van der Waals surface area contributed by atoms with E-state index in [-0.39, 0.29) is 6.04 Å². The molecule has 0 aliphatic carbocycles. The van der Waals surface area contributed by atoms with Crippen molar-refractivity contribution in [1.82, 2.24) is 9.61 Å². The van der Waals surface area contributed by atoms with Gasteiger partial charge in [0.15, 0.2) is 0 Å². The van der Waals surface area contributed by atoms with Crippen LogP contribution in [0.5, 0.6) is 0 Å². The van der Waals surface area contributed by atoms with E-state index in [1.54, 1.807) is 13.2 Å². The summed E-state index contributed by atoms with van der Waals surface area (Å²) < 4.78 is 7.28. The number of ether oxygens (including phenoxy) is 1. The Hall–Kier alpha value is -1.75. The Bertz CT molecular complexity index is 936. The summed E-state index contributed by atoms with van der Waals surface area (Å²) in [6.45, 7) is 6.86. The third-order valence-electron chi connectivity index (χ3n) is 4.46. The molecule has 6 heteroatoms. The van der Waals surface area contributed by atoms with Crippen molar-refractivity contribution < 1.29 is 4.74 Å². The van der Waals surface area contributed by atoms with Crippen molar-refractivity contribution in [3.8, 4) is 11.3 Å². The fourth-order valence-electron chi connectivity index (χ4n) is 3.19. The van der Waals surface area contributed by atoms with Crippen LogP contribution in [0, 0.1) is 13.8 Å². The molecule has 0 spiro atoms. The number of anilines is 1. The predicted molar refractivity (Wildman–Crippen MR) is 110 cm³/mol. The summed E-state index contributed by atoms with van der Waals surface area (Å²) >= 11 is 12.5. The molecule has 0 saturated carbocycles.